The third-order valence-corrected chi connectivity index (χ3v) is 5.20. The van der Waals surface area contributed by atoms with Crippen molar-refractivity contribution in [3.63, 3.8) is 0 Å². The van der Waals surface area contributed by atoms with E-state index in [-0.39, 0.29) is 12.0 Å². The average Bonchev–Trinajstić information content (AvgIpc) is 3.26. The number of aromatic nitrogens is 3. The molecule has 1 unspecified atom stereocenters. The molecule has 3 heterocycles. The number of hydrogen-bond donors (Lipinski definition) is 1. The summed E-state index contributed by atoms with van der Waals surface area (Å²) in [5.41, 5.74) is 1.87. The van der Waals surface area contributed by atoms with E-state index in [4.69, 9.17) is 4.74 Å². The summed E-state index contributed by atoms with van der Waals surface area (Å²) >= 11 is 1.21. The van der Waals surface area contributed by atoms with Gasteiger partial charge in [-0.2, -0.15) is 13.2 Å². The van der Waals surface area contributed by atoms with Gasteiger partial charge in [-0.15, -0.1) is 10.2 Å². The normalized spacial score (nSPS) is 17.0. The second-order valence-corrected chi connectivity index (χ2v) is 7.36. The molecule has 0 aliphatic carbocycles. The molecular weight excluding hydrogens is 419 g/mol. The van der Waals surface area contributed by atoms with Crippen LogP contribution in [0, 0.1) is 0 Å². The van der Waals surface area contributed by atoms with Crippen LogP contribution in [0.4, 0.5) is 24.1 Å². The van der Waals surface area contributed by atoms with Gasteiger partial charge in [0.15, 0.2) is 0 Å². The van der Waals surface area contributed by atoms with E-state index in [1.807, 2.05) is 4.90 Å². The van der Waals surface area contributed by atoms with Gasteiger partial charge in [0.2, 0.25) is 5.13 Å². The third-order valence-electron chi connectivity index (χ3n) is 4.59. The first-order valence-corrected chi connectivity index (χ1v) is 9.85. The summed E-state index contributed by atoms with van der Waals surface area (Å²) in [6.07, 6.45) is -3.27. The Morgan fingerprint density at radius 3 is 2.63 bits per heavy atom. The van der Waals surface area contributed by atoms with Crippen molar-refractivity contribution in [3.05, 3.63) is 64.8 Å². The van der Waals surface area contributed by atoms with Crippen LogP contribution in [0.1, 0.15) is 27.6 Å². The Labute approximate surface area is 173 Å². The maximum atomic E-state index is 12.8. The number of nitrogens with one attached hydrogen (secondary N) is 1. The third kappa shape index (κ3) is 4.57. The van der Waals surface area contributed by atoms with E-state index in [0.717, 1.165) is 12.1 Å². The van der Waals surface area contributed by atoms with Crippen molar-refractivity contribution in [2.45, 2.75) is 12.3 Å². The van der Waals surface area contributed by atoms with E-state index in [1.54, 1.807) is 12.1 Å². The monoisotopic (exact) mass is 435 g/mol. The number of alkyl halides is 3. The van der Waals surface area contributed by atoms with Gasteiger partial charge in [0.05, 0.1) is 17.7 Å². The number of morpholine rings is 1. The molecule has 1 aromatic carbocycles. The Bertz CT molecular complexity index is 995. The first-order valence-electron chi connectivity index (χ1n) is 8.97. The molecule has 4 rings (SSSR count). The minimum absolute atomic E-state index is 0.338. The first kappa shape index (κ1) is 20.2. The van der Waals surface area contributed by atoms with Crippen LogP contribution >= 0.6 is 11.3 Å². The Hall–Kier alpha value is -3.05. The van der Waals surface area contributed by atoms with Crippen molar-refractivity contribution in [3.8, 4) is 0 Å². The summed E-state index contributed by atoms with van der Waals surface area (Å²) in [5.74, 6) is 0.318. The highest BCUT2D eigenvalue weighted by Crippen LogP contribution is 2.31. The number of ether oxygens (including phenoxy) is 1. The molecular formula is C19H16F3N5O2S. The lowest BCUT2D eigenvalue weighted by molar-refractivity contribution is -0.137. The SMILES string of the molecule is O=C(Nc1nncs1)c1ccc(N2CCOC(c3ccc(C(F)(F)F)cc3)C2)nc1. The molecule has 1 fully saturated rings. The van der Waals surface area contributed by atoms with Gasteiger partial charge in [-0.1, -0.05) is 23.5 Å². The Morgan fingerprint density at radius 1 is 1.20 bits per heavy atom. The Kier molecular flexibility index (Phi) is 5.64. The van der Waals surface area contributed by atoms with Crippen LogP contribution in [0.25, 0.3) is 0 Å². The summed E-state index contributed by atoms with van der Waals surface area (Å²) in [6.45, 7) is 1.43. The highest BCUT2D eigenvalue weighted by molar-refractivity contribution is 7.13. The summed E-state index contributed by atoms with van der Waals surface area (Å²) in [6, 6.07) is 8.37. The zero-order valence-corrected chi connectivity index (χ0v) is 16.3. The summed E-state index contributed by atoms with van der Waals surface area (Å²) in [7, 11) is 0. The van der Waals surface area contributed by atoms with Gasteiger partial charge in [0, 0.05) is 19.3 Å². The standard InChI is InChI=1S/C19H16F3N5O2S/c20-19(21,22)14-4-1-12(2-5-14)15-10-27(7-8-29-15)16-6-3-13(9-23-16)17(28)25-18-26-24-11-30-18/h1-6,9,11,15H,7-8,10H2,(H,25,26,28). The minimum Gasteiger partial charge on any atom is -0.370 e. The second kappa shape index (κ2) is 8.36. The van der Waals surface area contributed by atoms with Gasteiger partial charge in [-0.05, 0) is 29.8 Å². The van der Waals surface area contributed by atoms with Crippen LogP contribution in [0.3, 0.4) is 0 Å². The fourth-order valence-electron chi connectivity index (χ4n) is 3.05. The molecule has 0 radical (unpaired) electrons. The predicted molar refractivity (Wildman–Crippen MR) is 104 cm³/mol. The number of anilines is 2. The molecule has 1 aliphatic rings. The maximum absolute atomic E-state index is 12.8. The van der Waals surface area contributed by atoms with Crippen molar-refractivity contribution in [2.24, 2.45) is 0 Å². The zero-order valence-electron chi connectivity index (χ0n) is 15.5. The van der Waals surface area contributed by atoms with Crippen molar-refractivity contribution >= 4 is 28.2 Å². The van der Waals surface area contributed by atoms with Crippen molar-refractivity contribution in [2.75, 3.05) is 29.9 Å². The fourth-order valence-corrected chi connectivity index (χ4v) is 3.49. The number of pyridine rings is 1. The van der Waals surface area contributed by atoms with Crippen LogP contribution < -0.4 is 10.2 Å². The molecule has 1 saturated heterocycles. The van der Waals surface area contributed by atoms with Crippen LogP contribution in [-0.2, 0) is 10.9 Å². The highest BCUT2D eigenvalue weighted by atomic mass is 32.1. The number of carbonyl (C=O) groups is 1. The van der Waals surface area contributed by atoms with E-state index in [9.17, 15) is 18.0 Å². The van der Waals surface area contributed by atoms with Crippen molar-refractivity contribution in [1.82, 2.24) is 15.2 Å². The zero-order chi connectivity index (χ0) is 21.1. The van der Waals surface area contributed by atoms with Crippen molar-refractivity contribution < 1.29 is 22.7 Å². The lowest BCUT2D eigenvalue weighted by atomic mass is 10.1. The lowest BCUT2D eigenvalue weighted by Gasteiger charge is -2.34. The molecule has 1 aliphatic heterocycles. The lowest BCUT2D eigenvalue weighted by Crippen LogP contribution is -2.38. The molecule has 11 heteroatoms. The van der Waals surface area contributed by atoms with Gasteiger partial charge in [-0.25, -0.2) is 4.98 Å². The maximum Gasteiger partial charge on any atom is 0.416 e. The Morgan fingerprint density at radius 2 is 2.00 bits per heavy atom. The van der Waals surface area contributed by atoms with Gasteiger partial charge in [0.25, 0.3) is 5.91 Å². The Balaban J connectivity index is 1.42. The van der Waals surface area contributed by atoms with Crippen molar-refractivity contribution in [1.29, 1.82) is 0 Å². The van der Waals surface area contributed by atoms with E-state index < -0.39 is 11.7 Å². The van der Waals surface area contributed by atoms with E-state index in [0.29, 0.717) is 41.8 Å². The van der Waals surface area contributed by atoms with Gasteiger partial charge in [0.1, 0.15) is 17.4 Å². The molecule has 0 saturated carbocycles. The smallest absolute Gasteiger partial charge is 0.370 e. The summed E-state index contributed by atoms with van der Waals surface area (Å²) in [4.78, 5) is 18.5. The molecule has 30 heavy (non-hydrogen) atoms. The molecule has 1 atom stereocenters. The number of carbonyl (C=O) groups excluding carboxylic acids is 1. The quantitative estimate of drug-likeness (QED) is 0.672. The van der Waals surface area contributed by atoms with E-state index in [1.165, 1.54) is 35.2 Å². The molecule has 2 aromatic heterocycles. The number of halogens is 3. The second-order valence-electron chi connectivity index (χ2n) is 6.53. The summed E-state index contributed by atoms with van der Waals surface area (Å²) < 4.78 is 44.0. The average molecular weight is 435 g/mol. The number of hydrogen-bond acceptors (Lipinski definition) is 7. The predicted octanol–water partition coefficient (Wildman–Crippen LogP) is 3.78. The molecule has 0 spiro atoms. The van der Waals surface area contributed by atoms with E-state index >= 15 is 0 Å². The fraction of sp³-hybridized carbons (Fsp3) is 0.263. The minimum atomic E-state index is -4.37. The summed E-state index contributed by atoms with van der Waals surface area (Å²) in [5, 5.41) is 10.5. The molecule has 1 N–H and O–H groups in total. The molecule has 7 nitrogen and oxygen atoms in total. The highest BCUT2D eigenvalue weighted by Gasteiger charge is 2.31. The molecule has 156 valence electrons. The topological polar surface area (TPSA) is 80.2 Å². The number of nitrogens with zero attached hydrogens (tertiary/aromatic N) is 4. The van der Waals surface area contributed by atoms with Crippen LogP contribution in [0.15, 0.2) is 48.1 Å². The van der Waals surface area contributed by atoms with Gasteiger partial charge in [-0.3, -0.25) is 10.1 Å². The molecule has 3 aromatic rings. The van der Waals surface area contributed by atoms with Gasteiger partial charge >= 0.3 is 6.18 Å². The number of benzene rings is 1. The molecule has 0 bridgehead atoms. The largest absolute Gasteiger partial charge is 0.416 e. The first-order chi connectivity index (χ1) is 14.4. The van der Waals surface area contributed by atoms with Crippen LogP contribution in [0.5, 0.6) is 0 Å². The van der Waals surface area contributed by atoms with Crippen LogP contribution in [-0.4, -0.2) is 40.8 Å². The van der Waals surface area contributed by atoms with Crippen LogP contribution in [0.2, 0.25) is 0 Å². The number of amides is 1. The molecule has 1 amide bonds. The van der Waals surface area contributed by atoms with E-state index in [2.05, 4.69) is 20.5 Å². The number of rotatable bonds is 4. The van der Waals surface area contributed by atoms with Gasteiger partial charge < -0.3 is 9.64 Å².